The van der Waals surface area contributed by atoms with Gasteiger partial charge in [-0.25, -0.2) is 0 Å². The summed E-state index contributed by atoms with van der Waals surface area (Å²) in [6.07, 6.45) is 5.27. The van der Waals surface area contributed by atoms with E-state index in [1.165, 1.54) is 19.8 Å². The van der Waals surface area contributed by atoms with Crippen LogP contribution in [0.25, 0.3) is 0 Å². The molecule has 1 fully saturated rings. The summed E-state index contributed by atoms with van der Waals surface area (Å²) in [6.45, 7) is 1.52. The van der Waals surface area contributed by atoms with Crippen molar-refractivity contribution in [2.75, 3.05) is 17.3 Å². The summed E-state index contributed by atoms with van der Waals surface area (Å²) in [6, 6.07) is 7.30. The van der Waals surface area contributed by atoms with E-state index in [1.807, 2.05) is 24.3 Å². The van der Waals surface area contributed by atoms with Gasteiger partial charge in [0.05, 0.1) is 0 Å². The molecule has 0 heterocycles. The van der Waals surface area contributed by atoms with E-state index in [0.29, 0.717) is 17.5 Å². The van der Waals surface area contributed by atoms with Crippen molar-refractivity contribution in [1.82, 2.24) is 5.32 Å². The Hall–Kier alpha value is -1.95. The fraction of sp³-hybridized carbons (Fsp3) is 0.471. The molecule has 1 aromatic rings. The van der Waals surface area contributed by atoms with Gasteiger partial charge >= 0.3 is 0 Å². The molecule has 2 amide bonds. The Bertz CT molecular complexity index is 580. The fourth-order valence-electron chi connectivity index (χ4n) is 2.77. The Morgan fingerprint density at radius 2 is 1.83 bits per heavy atom. The van der Waals surface area contributed by atoms with Gasteiger partial charge in [-0.15, -0.1) is 0 Å². The molecule has 1 aliphatic rings. The summed E-state index contributed by atoms with van der Waals surface area (Å²) in [5.74, 6) is 0.446. The molecule has 124 valence electrons. The molecular formula is C17H23N3O2S. The molecule has 0 spiro atoms. The molecule has 0 aliphatic heterocycles. The molecule has 23 heavy (non-hydrogen) atoms. The maximum atomic E-state index is 11.9. The Morgan fingerprint density at radius 3 is 2.39 bits per heavy atom. The van der Waals surface area contributed by atoms with Gasteiger partial charge in [0, 0.05) is 31.8 Å². The van der Waals surface area contributed by atoms with Crippen LogP contribution >= 0.6 is 12.2 Å². The van der Waals surface area contributed by atoms with Crippen molar-refractivity contribution in [1.29, 1.82) is 0 Å². The number of thiocarbonyl (C=S) groups is 1. The number of carbonyl (C=O) groups excluding carboxylic acids is 2. The van der Waals surface area contributed by atoms with Crippen LogP contribution in [0.3, 0.4) is 0 Å². The molecule has 0 radical (unpaired) electrons. The van der Waals surface area contributed by atoms with E-state index < -0.39 is 0 Å². The summed E-state index contributed by atoms with van der Waals surface area (Å²) in [4.78, 5) is 24.8. The standard InChI is InChI=1S/C17H23N3O2S/c1-12(21)20(2)15-9-7-14(8-10-15)18-17(23)19-16(22)11-13-5-3-4-6-13/h7-10,13H,3-6,11H2,1-2H3,(H2,18,19,22,23). The maximum Gasteiger partial charge on any atom is 0.226 e. The normalized spacial score (nSPS) is 14.3. The predicted octanol–water partition coefficient (Wildman–Crippen LogP) is 3.06. The second kappa shape index (κ2) is 8.06. The lowest BCUT2D eigenvalue weighted by atomic mass is 10.0. The van der Waals surface area contributed by atoms with Gasteiger partial charge in [-0.1, -0.05) is 12.8 Å². The van der Waals surface area contributed by atoms with Crippen LogP contribution in [0.15, 0.2) is 24.3 Å². The van der Waals surface area contributed by atoms with Crippen LogP contribution in [0.2, 0.25) is 0 Å². The molecule has 0 atom stereocenters. The van der Waals surface area contributed by atoms with Gasteiger partial charge < -0.3 is 15.5 Å². The van der Waals surface area contributed by atoms with Crippen molar-refractivity contribution in [2.45, 2.75) is 39.0 Å². The largest absolute Gasteiger partial charge is 0.332 e. The molecule has 1 aromatic carbocycles. The number of nitrogens with zero attached hydrogens (tertiary/aromatic N) is 1. The zero-order valence-corrected chi connectivity index (χ0v) is 14.4. The second-order valence-corrected chi connectivity index (χ2v) is 6.39. The quantitative estimate of drug-likeness (QED) is 0.831. The summed E-state index contributed by atoms with van der Waals surface area (Å²) in [7, 11) is 1.72. The van der Waals surface area contributed by atoms with E-state index in [4.69, 9.17) is 12.2 Å². The smallest absolute Gasteiger partial charge is 0.226 e. The van der Waals surface area contributed by atoms with Crippen molar-refractivity contribution < 1.29 is 9.59 Å². The van der Waals surface area contributed by atoms with Crippen LogP contribution in [-0.2, 0) is 9.59 Å². The van der Waals surface area contributed by atoms with E-state index in [0.717, 1.165) is 24.2 Å². The molecule has 0 saturated heterocycles. The Kier molecular flexibility index (Phi) is 6.10. The number of amides is 2. The Labute approximate surface area is 142 Å². The highest BCUT2D eigenvalue weighted by molar-refractivity contribution is 7.80. The first-order valence-electron chi connectivity index (χ1n) is 7.91. The predicted molar refractivity (Wildman–Crippen MR) is 96.5 cm³/mol. The topological polar surface area (TPSA) is 61.4 Å². The number of nitrogens with one attached hydrogen (secondary N) is 2. The molecule has 1 saturated carbocycles. The van der Waals surface area contributed by atoms with E-state index in [1.54, 1.807) is 11.9 Å². The summed E-state index contributed by atoms with van der Waals surface area (Å²) < 4.78 is 0. The lowest BCUT2D eigenvalue weighted by Gasteiger charge is -2.16. The molecule has 2 N–H and O–H groups in total. The zero-order chi connectivity index (χ0) is 16.8. The molecule has 6 heteroatoms. The maximum absolute atomic E-state index is 11.9. The van der Waals surface area contributed by atoms with Crippen LogP contribution in [0.1, 0.15) is 39.0 Å². The van der Waals surface area contributed by atoms with Gasteiger partial charge in [0.15, 0.2) is 5.11 Å². The lowest BCUT2D eigenvalue weighted by Crippen LogP contribution is -2.34. The molecule has 2 rings (SSSR count). The number of carbonyl (C=O) groups is 2. The number of anilines is 2. The zero-order valence-electron chi connectivity index (χ0n) is 13.6. The summed E-state index contributed by atoms with van der Waals surface area (Å²) in [5, 5.41) is 6.02. The highest BCUT2D eigenvalue weighted by atomic mass is 32.1. The number of rotatable bonds is 4. The lowest BCUT2D eigenvalue weighted by molar-refractivity contribution is -0.120. The van der Waals surface area contributed by atoms with Gasteiger partial charge in [-0.2, -0.15) is 0 Å². The molecule has 0 unspecified atom stereocenters. The SMILES string of the molecule is CC(=O)N(C)c1ccc(NC(=S)NC(=O)CC2CCCC2)cc1. The molecule has 1 aliphatic carbocycles. The van der Waals surface area contributed by atoms with E-state index in [2.05, 4.69) is 10.6 Å². The monoisotopic (exact) mass is 333 g/mol. The van der Waals surface area contributed by atoms with Crippen molar-refractivity contribution in [3.63, 3.8) is 0 Å². The summed E-state index contributed by atoms with van der Waals surface area (Å²) in [5.41, 5.74) is 1.58. The van der Waals surface area contributed by atoms with Crippen molar-refractivity contribution in [3.8, 4) is 0 Å². The van der Waals surface area contributed by atoms with Gasteiger partial charge in [0.1, 0.15) is 0 Å². The van der Waals surface area contributed by atoms with E-state index in [9.17, 15) is 9.59 Å². The van der Waals surface area contributed by atoms with E-state index in [-0.39, 0.29) is 11.8 Å². The first-order valence-corrected chi connectivity index (χ1v) is 8.31. The summed E-state index contributed by atoms with van der Waals surface area (Å²) >= 11 is 5.17. The third kappa shape index (κ3) is 5.32. The highest BCUT2D eigenvalue weighted by Gasteiger charge is 2.18. The molecule has 5 nitrogen and oxygen atoms in total. The van der Waals surface area contributed by atoms with Crippen molar-refractivity contribution in [3.05, 3.63) is 24.3 Å². The van der Waals surface area contributed by atoms with Gasteiger partial charge in [-0.05, 0) is 55.2 Å². The molecule has 0 bridgehead atoms. The van der Waals surface area contributed by atoms with Crippen molar-refractivity contribution >= 4 is 40.5 Å². The number of hydrogen-bond acceptors (Lipinski definition) is 3. The van der Waals surface area contributed by atoms with Crippen LogP contribution < -0.4 is 15.5 Å². The van der Waals surface area contributed by atoms with Crippen LogP contribution in [-0.4, -0.2) is 24.0 Å². The van der Waals surface area contributed by atoms with Crippen LogP contribution in [0.4, 0.5) is 11.4 Å². The number of benzene rings is 1. The average molecular weight is 333 g/mol. The first-order chi connectivity index (χ1) is 11.0. The number of hydrogen-bond donors (Lipinski definition) is 2. The van der Waals surface area contributed by atoms with Crippen molar-refractivity contribution in [2.24, 2.45) is 5.92 Å². The molecular weight excluding hydrogens is 310 g/mol. The first kappa shape index (κ1) is 17.4. The van der Waals surface area contributed by atoms with E-state index >= 15 is 0 Å². The van der Waals surface area contributed by atoms with Crippen LogP contribution in [0.5, 0.6) is 0 Å². The minimum Gasteiger partial charge on any atom is -0.332 e. The third-order valence-corrected chi connectivity index (χ3v) is 4.39. The fourth-order valence-corrected chi connectivity index (χ4v) is 3.00. The Balaban J connectivity index is 1.82. The van der Waals surface area contributed by atoms with Gasteiger partial charge in [0.2, 0.25) is 11.8 Å². The molecule has 0 aromatic heterocycles. The minimum atomic E-state index is -0.0274. The Morgan fingerprint density at radius 1 is 1.22 bits per heavy atom. The average Bonchev–Trinajstić information content (AvgIpc) is 2.99. The second-order valence-electron chi connectivity index (χ2n) is 5.98. The van der Waals surface area contributed by atoms with Gasteiger partial charge in [0.25, 0.3) is 0 Å². The van der Waals surface area contributed by atoms with Crippen LogP contribution in [0, 0.1) is 5.92 Å². The highest BCUT2D eigenvalue weighted by Crippen LogP contribution is 2.27. The third-order valence-electron chi connectivity index (χ3n) is 4.19. The van der Waals surface area contributed by atoms with Gasteiger partial charge in [-0.3, -0.25) is 9.59 Å². The minimum absolute atomic E-state index is 0.0256.